The molecule has 0 saturated carbocycles. The predicted molar refractivity (Wildman–Crippen MR) is 94.5 cm³/mol. The van der Waals surface area contributed by atoms with Crippen LogP contribution in [0.5, 0.6) is 0 Å². The van der Waals surface area contributed by atoms with E-state index in [0.717, 1.165) is 5.56 Å². The van der Waals surface area contributed by atoms with Gasteiger partial charge in [0, 0.05) is 17.1 Å². The van der Waals surface area contributed by atoms with Gasteiger partial charge < -0.3 is 9.64 Å². The third-order valence-electron chi connectivity index (χ3n) is 4.13. The molecule has 0 saturated heterocycles. The van der Waals surface area contributed by atoms with Gasteiger partial charge in [0.2, 0.25) is 0 Å². The minimum absolute atomic E-state index is 0.0580. The van der Waals surface area contributed by atoms with Crippen LogP contribution in [0.1, 0.15) is 31.3 Å². The van der Waals surface area contributed by atoms with Crippen LogP contribution in [-0.2, 0) is 15.1 Å². The van der Waals surface area contributed by atoms with E-state index >= 15 is 0 Å². The van der Waals surface area contributed by atoms with Gasteiger partial charge in [-0.15, -0.1) is 0 Å². The molecule has 2 heterocycles. The van der Waals surface area contributed by atoms with Crippen molar-refractivity contribution in [1.82, 2.24) is 14.7 Å². The lowest BCUT2D eigenvalue weighted by atomic mass is 10.0. The van der Waals surface area contributed by atoms with E-state index in [1.54, 1.807) is 29.8 Å². The average molecular weight is 362 g/mol. The highest BCUT2D eigenvalue weighted by Gasteiger charge is 2.38. The molecule has 0 bridgehead atoms. The van der Waals surface area contributed by atoms with Gasteiger partial charge in [0.05, 0.1) is 17.8 Å². The maximum atomic E-state index is 12.8. The molecule has 1 aromatic heterocycles. The Kier molecular flexibility index (Phi) is 4.56. The number of nitrogens with zero attached hydrogens (tertiary/aromatic N) is 3. The van der Waals surface area contributed by atoms with Crippen molar-refractivity contribution in [1.29, 1.82) is 0 Å². The van der Waals surface area contributed by atoms with Gasteiger partial charge in [-0.1, -0.05) is 23.7 Å². The Balaban J connectivity index is 1.95. The van der Waals surface area contributed by atoms with Crippen molar-refractivity contribution in [3.05, 3.63) is 41.0 Å². The first-order chi connectivity index (χ1) is 11.8. The van der Waals surface area contributed by atoms with Gasteiger partial charge in [0.1, 0.15) is 12.2 Å². The Labute approximate surface area is 151 Å². The molecule has 6 nitrogen and oxygen atoms in total. The fourth-order valence-corrected chi connectivity index (χ4v) is 3.14. The van der Waals surface area contributed by atoms with Gasteiger partial charge >= 0.3 is 5.97 Å². The molecule has 1 aliphatic heterocycles. The zero-order chi connectivity index (χ0) is 18.2. The molecule has 7 heteroatoms. The van der Waals surface area contributed by atoms with Crippen LogP contribution in [0, 0.1) is 0 Å². The lowest BCUT2D eigenvalue weighted by Gasteiger charge is -2.38. The molecule has 0 spiro atoms. The van der Waals surface area contributed by atoms with Gasteiger partial charge in [-0.3, -0.25) is 14.3 Å². The number of esters is 1. The van der Waals surface area contributed by atoms with Crippen molar-refractivity contribution in [2.45, 2.75) is 26.3 Å². The highest BCUT2D eigenvalue weighted by molar-refractivity contribution is 6.30. The van der Waals surface area contributed by atoms with E-state index < -0.39 is 11.5 Å². The Morgan fingerprint density at radius 1 is 1.32 bits per heavy atom. The largest absolute Gasteiger partial charge is 0.465 e. The fraction of sp³-hybridized carbons (Fsp3) is 0.389. The number of ether oxygens (including phenoxy) is 1. The normalized spacial score (nSPS) is 15.8. The highest BCUT2D eigenvalue weighted by Crippen LogP contribution is 2.30. The summed E-state index contributed by atoms with van der Waals surface area (Å²) in [5, 5.41) is 5.26. The van der Waals surface area contributed by atoms with E-state index in [1.807, 2.05) is 26.0 Å². The van der Waals surface area contributed by atoms with Crippen LogP contribution in [0.15, 0.2) is 30.3 Å². The van der Waals surface area contributed by atoms with Crippen LogP contribution in [0.2, 0.25) is 5.02 Å². The van der Waals surface area contributed by atoms with Gasteiger partial charge in [-0.2, -0.15) is 5.10 Å². The van der Waals surface area contributed by atoms with Crippen LogP contribution in [0.4, 0.5) is 0 Å². The van der Waals surface area contributed by atoms with Gasteiger partial charge in [0.25, 0.3) is 5.91 Å². The standard InChI is InChI=1S/C18H20ClN3O3/c1-4-25-16(23)10-21-11-18(2,3)22-15(17(21)24)9-14(20-22)12-5-7-13(19)8-6-12/h5-9H,4,10-11H2,1-3H3. The minimum atomic E-state index is -0.430. The fourth-order valence-electron chi connectivity index (χ4n) is 3.01. The molecule has 1 aromatic carbocycles. The summed E-state index contributed by atoms with van der Waals surface area (Å²) in [7, 11) is 0. The maximum Gasteiger partial charge on any atom is 0.325 e. The molecule has 0 fully saturated rings. The van der Waals surface area contributed by atoms with Crippen molar-refractivity contribution in [3.63, 3.8) is 0 Å². The first-order valence-corrected chi connectivity index (χ1v) is 8.51. The van der Waals surface area contributed by atoms with Crippen molar-refractivity contribution < 1.29 is 14.3 Å². The van der Waals surface area contributed by atoms with E-state index in [9.17, 15) is 9.59 Å². The number of amides is 1. The molecular formula is C18H20ClN3O3. The summed E-state index contributed by atoms with van der Waals surface area (Å²) in [4.78, 5) is 26.1. The van der Waals surface area contributed by atoms with Crippen LogP contribution in [-0.4, -0.2) is 46.3 Å². The van der Waals surface area contributed by atoms with Gasteiger partial charge in [0.15, 0.2) is 0 Å². The summed E-state index contributed by atoms with van der Waals surface area (Å²) in [6.45, 7) is 6.34. The molecule has 25 heavy (non-hydrogen) atoms. The molecule has 132 valence electrons. The number of aromatic nitrogens is 2. The van der Waals surface area contributed by atoms with E-state index in [-0.39, 0.29) is 12.5 Å². The quantitative estimate of drug-likeness (QED) is 0.785. The first-order valence-electron chi connectivity index (χ1n) is 8.13. The summed E-state index contributed by atoms with van der Waals surface area (Å²) in [6.07, 6.45) is 0. The summed E-state index contributed by atoms with van der Waals surface area (Å²) in [5.41, 5.74) is 1.61. The zero-order valence-corrected chi connectivity index (χ0v) is 15.2. The molecule has 0 atom stereocenters. The highest BCUT2D eigenvalue weighted by atomic mass is 35.5. The zero-order valence-electron chi connectivity index (χ0n) is 14.5. The lowest BCUT2D eigenvalue weighted by Crippen LogP contribution is -2.52. The van der Waals surface area contributed by atoms with Crippen LogP contribution in [0.25, 0.3) is 11.3 Å². The minimum Gasteiger partial charge on any atom is -0.465 e. The van der Waals surface area contributed by atoms with E-state index in [1.165, 1.54) is 4.90 Å². The number of carbonyl (C=O) groups is 2. The predicted octanol–water partition coefficient (Wildman–Crippen LogP) is 2.96. The van der Waals surface area contributed by atoms with E-state index in [0.29, 0.717) is 29.6 Å². The number of hydrogen-bond acceptors (Lipinski definition) is 4. The van der Waals surface area contributed by atoms with Crippen LogP contribution >= 0.6 is 11.6 Å². The number of benzene rings is 1. The number of rotatable bonds is 4. The maximum absolute atomic E-state index is 12.8. The summed E-state index contributed by atoms with van der Waals surface area (Å²) >= 11 is 5.93. The molecule has 0 N–H and O–H groups in total. The smallest absolute Gasteiger partial charge is 0.325 e. The van der Waals surface area contributed by atoms with Crippen molar-refractivity contribution >= 4 is 23.5 Å². The third-order valence-corrected chi connectivity index (χ3v) is 4.38. The van der Waals surface area contributed by atoms with Crippen molar-refractivity contribution in [3.8, 4) is 11.3 Å². The number of hydrogen-bond donors (Lipinski definition) is 0. The molecule has 1 amide bonds. The number of carbonyl (C=O) groups excluding carboxylic acids is 2. The van der Waals surface area contributed by atoms with E-state index in [2.05, 4.69) is 5.10 Å². The monoisotopic (exact) mass is 361 g/mol. The summed E-state index contributed by atoms with van der Waals surface area (Å²) < 4.78 is 6.70. The topological polar surface area (TPSA) is 64.4 Å². The molecule has 2 aromatic rings. The number of halogens is 1. The second kappa shape index (κ2) is 6.52. The Hall–Kier alpha value is -2.34. The van der Waals surface area contributed by atoms with Crippen molar-refractivity contribution in [2.24, 2.45) is 0 Å². The van der Waals surface area contributed by atoms with Gasteiger partial charge in [-0.25, -0.2) is 0 Å². The first kappa shape index (κ1) is 17.5. The second-order valence-electron chi connectivity index (χ2n) is 6.61. The van der Waals surface area contributed by atoms with E-state index in [4.69, 9.17) is 16.3 Å². The Bertz CT molecular complexity index is 811. The molecule has 1 aliphatic rings. The summed E-state index contributed by atoms with van der Waals surface area (Å²) in [6, 6.07) is 9.06. The summed E-state index contributed by atoms with van der Waals surface area (Å²) in [5.74, 6) is -0.627. The molecule has 0 unspecified atom stereocenters. The third kappa shape index (κ3) is 3.39. The van der Waals surface area contributed by atoms with Crippen molar-refractivity contribution in [2.75, 3.05) is 19.7 Å². The molecule has 0 aliphatic carbocycles. The Morgan fingerprint density at radius 3 is 2.64 bits per heavy atom. The average Bonchev–Trinajstić information content (AvgIpc) is 3.00. The second-order valence-corrected chi connectivity index (χ2v) is 7.05. The molecular weight excluding hydrogens is 342 g/mol. The Morgan fingerprint density at radius 2 is 2.00 bits per heavy atom. The molecule has 0 radical (unpaired) electrons. The lowest BCUT2D eigenvalue weighted by molar-refractivity contribution is -0.144. The molecule has 3 rings (SSSR count). The van der Waals surface area contributed by atoms with Crippen LogP contribution in [0.3, 0.4) is 0 Å². The number of fused-ring (bicyclic) bond motifs is 1. The SMILES string of the molecule is CCOC(=O)CN1CC(C)(C)n2nc(-c3ccc(Cl)cc3)cc2C1=O. The van der Waals surface area contributed by atoms with Crippen LogP contribution < -0.4 is 0 Å². The van der Waals surface area contributed by atoms with Gasteiger partial charge in [-0.05, 0) is 39.0 Å².